The number of carbonyl (C=O) groups excluding carboxylic acids is 2. The number of carbonyl (C=O) groups is 2. The molecule has 1 N–H and O–H groups in total. The number of ether oxygens (including phenoxy) is 3. The number of fused-ring (bicyclic) bond motifs is 1. The van der Waals surface area contributed by atoms with Gasteiger partial charge in [0, 0.05) is 11.3 Å². The number of rotatable bonds is 9. The number of aliphatic hydroxyl groups is 1. The Balaban J connectivity index is 1.45. The molecule has 0 saturated carbocycles. The van der Waals surface area contributed by atoms with Gasteiger partial charge < -0.3 is 19.3 Å². The van der Waals surface area contributed by atoms with E-state index in [1.54, 1.807) is 18.2 Å². The molecule has 0 radical (unpaired) electrons. The Kier molecular flexibility index (Phi) is 8.70. The highest BCUT2D eigenvalue weighted by molar-refractivity contribution is 8.00. The molecule has 2 heterocycles. The Morgan fingerprint density at radius 1 is 0.913 bits per heavy atom. The van der Waals surface area contributed by atoms with Crippen LogP contribution in [0.15, 0.2) is 82.7 Å². The second-order valence-electron chi connectivity index (χ2n) is 10.7. The topological polar surface area (TPSA) is 111 Å². The van der Waals surface area contributed by atoms with Gasteiger partial charge in [-0.2, -0.15) is 0 Å². The SMILES string of the molecule is COc1cc(C2C(=C(O)c3cc(C)ccc3C)C(=O)C(=O)N2c2nnc(SCc3cccc4ccccc34)s2)cc(OC)c1OC. The van der Waals surface area contributed by atoms with Gasteiger partial charge in [0.15, 0.2) is 15.8 Å². The van der Waals surface area contributed by atoms with Gasteiger partial charge in [0.2, 0.25) is 10.9 Å². The highest BCUT2D eigenvalue weighted by Crippen LogP contribution is 2.48. The monoisotopic (exact) mass is 653 g/mol. The van der Waals surface area contributed by atoms with E-state index in [9.17, 15) is 14.7 Å². The number of thioether (sulfide) groups is 1. The Morgan fingerprint density at radius 3 is 2.35 bits per heavy atom. The zero-order valence-corrected chi connectivity index (χ0v) is 27.5. The lowest BCUT2D eigenvalue weighted by Gasteiger charge is -2.24. The largest absolute Gasteiger partial charge is 0.507 e. The molecule has 5 aromatic rings. The van der Waals surface area contributed by atoms with Crippen molar-refractivity contribution in [1.29, 1.82) is 0 Å². The average molecular weight is 654 g/mol. The number of amides is 1. The third-order valence-electron chi connectivity index (χ3n) is 7.93. The van der Waals surface area contributed by atoms with E-state index in [1.165, 1.54) is 49.3 Å². The van der Waals surface area contributed by atoms with Crippen molar-refractivity contribution in [3.05, 3.63) is 106 Å². The molecule has 1 aliphatic rings. The Hall–Kier alpha value is -4.87. The Bertz CT molecular complexity index is 1990. The summed E-state index contributed by atoms with van der Waals surface area (Å²) in [6.45, 7) is 3.73. The zero-order valence-electron chi connectivity index (χ0n) is 25.9. The second kappa shape index (κ2) is 12.9. The summed E-state index contributed by atoms with van der Waals surface area (Å²) in [5, 5.41) is 23.0. The lowest BCUT2D eigenvalue weighted by molar-refractivity contribution is -0.132. The summed E-state index contributed by atoms with van der Waals surface area (Å²) < 4.78 is 17.3. The highest BCUT2D eigenvalue weighted by Gasteiger charge is 2.49. The fourth-order valence-corrected chi connectivity index (χ4v) is 7.53. The summed E-state index contributed by atoms with van der Waals surface area (Å²) in [4.78, 5) is 28.9. The van der Waals surface area contributed by atoms with Gasteiger partial charge in [0.1, 0.15) is 5.76 Å². The van der Waals surface area contributed by atoms with Crippen molar-refractivity contribution in [1.82, 2.24) is 10.2 Å². The highest BCUT2D eigenvalue weighted by atomic mass is 32.2. The van der Waals surface area contributed by atoms with Crippen molar-refractivity contribution < 1.29 is 28.9 Å². The quantitative estimate of drug-likeness (QED) is 0.0578. The maximum atomic E-state index is 13.8. The molecule has 0 bridgehead atoms. The molecule has 1 unspecified atom stereocenters. The minimum Gasteiger partial charge on any atom is -0.507 e. The molecule has 6 rings (SSSR count). The molecular weight excluding hydrogens is 623 g/mol. The van der Waals surface area contributed by atoms with Crippen LogP contribution < -0.4 is 19.1 Å². The van der Waals surface area contributed by atoms with E-state index in [0.717, 1.165) is 27.5 Å². The van der Waals surface area contributed by atoms with Gasteiger partial charge in [-0.25, -0.2) is 0 Å². The van der Waals surface area contributed by atoms with E-state index in [2.05, 4.69) is 34.5 Å². The molecule has 46 heavy (non-hydrogen) atoms. The Morgan fingerprint density at radius 2 is 1.63 bits per heavy atom. The van der Waals surface area contributed by atoms with E-state index in [1.807, 2.05) is 44.2 Å². The molecule has 1 aromatic heterocycles. The summed E-state index contributed by atoms with van der Waals surface area (Å²) in [7, 11) is 4.46. The fourth-order valence-electron chi connectivity index (χ4n) is 5.66. The standard InChI is InChI=1S/C35H31N3O6S2/c1-19-13-14-20(2)25(15-19)30(39)28-29(23-16-26(42-3)32(44-5)27(17-23)43-4)38(33(41)31(28)40)34-36-37-35(46-34)45-18-22-11-8-10-21-9-6-7-12-24(21)22/h6-17,29,39H,18H2,1-5H3. The summed E-state index contributed by atoms with van der Waals surface area (Å²) >= 11 is 2.70. The van der Waals surface area contributed by atoms with Crippen molar-refractivity contribution in [3.8, 4) is 17.2 Å². The van der Waals surface area contributed by atoms with E-state index < -0.39 is 17.7 Å². The molecule has 1 amide bonds. The first kappa shape index (κ1) is 31.1. The van der Waals surface area contributed by atoms with Gasteiger partial charge >= 0.3 is 5.91 Å². The van der Waals surface area contributed by atoms with Crippen LogP contribution in [0.2, 0.25) is 0 Å². The van der Waals surface area contributed by atoms with Gasteiger partial charge in [-0.3, -0.25) is 14.5 Å². The molecule has 0 spiro atoms. The first-order chi connectivity index (χ1) is 22.2. The number of methoxy groups -OCH3 is 3. The van der Waals surface area contributed by atoms with Crippen molar-refractivity contribution in [3.63, 3.8) is 0 Å². The number of anilines is 1. The summed E-state index contributed by atoms with van der Waals surface area (Å²) in [6, 6.07) is 22.2. The molecule has 9 nitrogen and oxygen atoms in total. The Labute approximate surface area is 274 Å². The smallest absolute Gasteiger partial charge is 0.301 e. The number of Topliss-reactive ketones (excluding diaryl/α,β-unsaturated/α-hetero) is 1. The summed E-state index contributed by atoms with van der Waals surface area (Å²) in [6.07, 6.45) is 0. The maximum absolute atomic E-state index is 13.8. The van der Waals surface area contributed by atoms with Crippen LogP contribution in [-0.4, -0.2) is 48.3 Å². The van der Waals surface area contributed by atoms with Gasteiger partial charge in [0.25, 0.3) is 5.78 Å². The fraction of sp³-hybridized carbons (Fsp3) is 0.200. The predicted octanol–water partition coefficient (Wildman–Crippen LogP) is 7.25. The maximum Gasteiger partial charge on any atom is 0.301 e. The molecule has 0 aliphatic carbocycles. The van der Waals surface area contributed by atoms with E-state index >= 15 is 0 Å². The number of aromatic nitrogens is 2. The van der Waals surface area contributed by atoms with E-state index in [-0.39, 0.29) is 16.5 Å². The number of benzene rings is 4. The number of aliphatic hydroxyl groups excluding tert-OH is 1. The first-order valence-corrected chi connectivity index (χ1v) is 16.2. The molecule has 1 saturated heterocycles. The van der Waals surface area contributed by atoms with E-state index in [4.69, 9.17) is 14.2 Å². The minimum atomic E-state index is -1.06. The molecule has 1 aliphatic heterocycles. The second-order valence-corrected chi connectivity index (χ2v) is 12.9. The van der Waals surface area contributed by atoms with Crippen molar-refractivity contribution in [2.45, 2.75) is 30.0 Å². The summed E-state index contributed by atoms with van der Waals surface area (Å²) in [5.41, 5.74) is 3.63. The van der Waals surface area contributed by atoms with Gasteiger partial charge in [0.05, 0.1) is 32.9 Å². The molecule has 4 aromatic carbocycles. The molecular formula is C35H31N3O6S2. The number of nitrogens with zero attached hydrogens (tertiary/aromatic N) is 3. The number of ketones is 1. The lowest BCUT2D eigenvalue weighted by atomic mass is 9.93. The molecule has 11 heteroatoms. The zero-order chi connectivity index (χ0) is 32.5. The van der Waals surface area contributed by atoms with Crippen LogP contribution in [0.4, 0.5) is 5.13 Å². The third kappa shape index (κ3) is 5.56. The van der Waals surface area contributed by atoms with Gasteiger partial charge in [-0.1, -0.05) is 83.3 Å². The molecule has 234 valence electrons. The van der Waals surface area contributed by atoms with Crippen LogP contribution in [0.25, 0.3) is 16.5 Å². The minimum absolute atomic E-state index is 0.0758. The van der Waals surface area contributed by atoms with Crippen LogP contribution in [0.1, 0.15) is 33.9 Å². The van der Waals surface area contributed by atoms with Crippen LogP contribution in [0.5, 0.6) is 17.2 Å². The van der Waals surface area contributed by atoms with Gasteiger partial charge in [-0.15, -0.1) is 10.2 Å². The average Bonchev–Trinajstić information content (AvgIpc) is 3.65. The lowest BCUT2D eigenvalue weighted by Crippen LogP contribution is -2.29. The van der Waals surface area contributed by atoms with Crippen LogP contribution >= 0.6 is 23.1 Å². The van der Waals surface area contributed by atoms with Crippen molar-refractivity contribution in [2.75, 3.05) is 26.2 Å². The third-order valence-corrected chi connectivity index (χ3v) is 10.0. The first-order valence-electron chi connectivity index (χ1n) is 14.4. The number of aryl methyl sites for hydroxylation is 2. The predicted molar refractivity (Wildman–Crippen MR) is 180 cm³/mol. The normalized spacial score (nSPS) is 15.8. The number of hydrogen-bond acceptors (Lipinski definition) is 10. The molecule has 1 atom stereocenters. The number of hydrogen-bond donors (Lipinski definition) is 1. The van der Waals surface area contributed by atoms with Crippen LogP contribution in [-0.2, 0) is 15.3 Å². The summed E-state index contributed by atoms with van der Waals surface area (Å²) in [5.74, 6) is -0.294. The van der Waals surface area contributed by atoms with Crippen molar-refractivity contribution in [2.24, 2.45) is 0 Å². The van der Waals surface area contributed by atoms with Crippen LogP contribution in [0.3, 0.4) is 0 Å². The van der Waals surface area contributed by atoms with Crippen molar-refractivity contribution >= 4 is 56.5 Å². The van der Waals surface area contributed by atoms with Gasteiger partial charge in [-0.05, 0) is 59.5 Å². The van der Waals surface area contributed by atoms with Crippen LogP contribution in [0, 0.1) is 13.8 Å². The molecule has 1 fully saturated rings. The van der Waals surface area contributed by atoms with E-state index in [0.29, 0.717) is 38.5 Å².